The number of alkyl halides is 1. The van der Waals surface area contributed by atoms with Crippen molar-refractivity contribution in [2.75, 3.05) is 32.5 Å². The van der Waals surface area contributed by atoms with E-state index in [-0.39, 0.29) is 12.3 Å². The lowest BCUT2D eigenvalue weighted by atomic mass is 9.79. The second kappa shape index (κ2) is 13.2. The van der Waals surface area contributed by atoms with Gasteiger partial charge in [-0.1, -0.05) is 0 Å². The van der Waals surface area contributed by atoms with Gasteiger partial charge in [-0.3, -0.25) is 14.9 Å². The monoisotopic (exact) mass is 528 g/mol. The van der Waals surface area contributed by atoms with E-state index in [2.05, 4.69) is 20.1 Å². The molecule has 0 aliphatic carbocycles. The molecule has 4 rings (SSSR count). The van der Waals surface area contributed by atoms with E-state index in [1.54, 1.807) is 19.4 Å². The van der Waals surface area contributed by atoms with Crippen LogP contribution in [-0.2, 0) is 4.79 Å². The summed E-state index contributed by atoms with van der Waals surface area (Å²) in [6.45, 7) is 4.90. The molecular formula is C28H37FN4O3S. The zero-order valence-electron chi connectivity index (χ0n) is 21.7. The number of pyridine rings is 1. The molecule has 0 unspecified atom stereocenters. The van der Waals surface area contributed by atoms with Crippen LogP contribution >= 0.6 is 11.8 Å². The normalized spacial score (nSPS) is 19.2. The summed E-state index contributed by atoms with van der Waals surface area (Å²) in [5.41, 5.74) is 2.51. The van der Waals surface area contributed by atoms with E-state index in [1.165, 1.54) is 4.90 Å². The number of carboxylic acids is 1. The van der Waals surface area contributed by atoms with Gasteiger partial charge < -0.3 is 14.7 Å². The fourth-order valence-electron chi connectivity index (χ4n) is 5.39. The highest BCUT2D eigenvalue weighted by molar-refractivity contribution is 7.99. The Bertz CT molecular complexity index is 1170. The quantitative estimate of drug-likeness (QED) is 0.206. The van der Waals surface area contributed by atoms with Crippen molar-refractivity contribution in [3.05, 3.63) is 47.9 Å². The van der Waals surface area contributed by atoms with Gasteiger partial charge in [0.05, 0.1) is 18.8 Å². The number of methoxy groups -OCH3 is 1. The average molecular weight is 529 g/mol. The standard InChI is InChI=1S/C28H37FN4O3S/c1-19-27(17-31-32-19)37-15-3-13-33-14-11-20(21(18-33)5-9-28(34)35)4-7-25(29)23-10-12-30-26-8-6-22(36-2)16-24(23)26/h6,8,10,12,16-17,20-21,25H,3-5,7,9,11,13-15,18H2,1-2H3,(H,31,32)(H,34,35)/t20-,21-,25-/m1/s1. The lowest BCUT2D eigenvalue weighted by Gasteiger charge is -2.39. The van der Waals surface area contributed by atoms with E-state index in [0.717, 1.165) is 61.2 Å². The van der Waals surface area contributed by atoms with Crippen molar-refractivity contribution in [2.45, 2.75) is 56.5 Å². The van der Waals surface area contributed by atoms with E-state index in [9.17, 15) is 9.90 Å². The first kappa shape index (κ1) is 27.4. The molecule has 0 bridgehead atoms. The molecule has 1 aliphatic heterocycles. The molecule has 2 N–H and O–H groups in total. The highest BCUT2D eigenvalue weighted by atomic mass is 32.2. The predicted octanol–water partition coefficient (Wildman–Crippen LogP) is 6.05. The van der Waals surface area contributed by atoms with Gasteiger partial charge >= 0.3 is 5.97 Å². The van der Waals surface area contributed by atoms with Gasteiger partial charge in [0.1, 0.15) is 11.9 Å². The molecule has 0 amide bonds. The summed E-state index contributed by atoms with van der Waals surface area (Å²) in [5.74, 6) is 1.56. The Hall–Kier alpha value is -2.65. The molecule has 0 saturated carbocycles. The Kier molecular flexibility index (Phi) is 9.80. The lowest BCUT2D eigenvalue weighted by molar-refractivity contribution is -0.137. The number of ether oxygens (including phenoxy) is 1. The Labute approximate surface area is 222 Å². The summed E-state index contributed by atoms with van der Waals surface area (Å²) in [6.07, 6.45) is 6.47. The number of H-pyrrole nitrogens is 1. The third kappa shape index (κ3) is 7.45. The highest BCUT2D eigenvalue weighted by Gasteiger charge is 2.30. The molecule has 1 aliphatic rings. The van der Waals surface area contributed by atoms with Gasteiger partial charge in [0.2, 0.25) is 0 Å². The second-order valence-electron chi connectivity index (χ2n) is 9.93. The molecule has 7 nitrogen and oxygen atoms in total. The Morgan fingerprint density at radius 3 is 2.95 bits per heavy atom. The zero-order chi connectivity index (χ0) is 26.2. The number of nitrogens with one attached hydrogen (secondary N) is 1. The van der Waals surface area contributed by atoms with Gasteiger partial charge in [-0.25, -0.2) is 4.39 Å². The first-order valence-corrected chi connectivity index (χ1v) is 14.1. The van der Waals surface area contributed by atoms with Gasteiger partial charge in [-0.15, -0.1) is 11.8 Å². The molecule has 9 heteroatoms. The van der Waals surface area contributed by atoms with Crippen molar-refractivity contribution in [2.24, 2.45) is 11.8 Å². The number of aromatic amines is 1. The van der Waals surface area contributed by atoms with Crippen LogP contribution in [0.25, 0.3) is 10.9 Å². The minimum Gasteiger partial charge on any atom is -0.497 e. The first-order chi connectivity index (χ1) is 17.9. The Balaban J connectivity index is 1.32. The fourth-order valence-corrected chi connectivity index (χ4v) is 6.28. The molecule has 200 valence electrons. The molecule has 0 spiro atoms. The largest absolute Gasteiger partial charge is 0.497 e. The molecule has 1 aromatic carbocycles. The molecule has 1 saturated heterocycles. The average Bonchev–Trinajstić information content (AvgIpc) is 3.32. The van der Waals surface area contributed by atoms with Crippen LogP contribution in [0.5, 0.6) is 5.75 Å². The van der Waals surface area contributed by atoms with Crippen molar-refractivity contribution < 1.29 is 19.0 Å². The summed E-state index contributed by atoms with van der Waals surface area (Å²) >= 11 is 1.82. The lowest BCUT2D eigenvalue weighted by Crippen LogP contribution is -2.41. The number of aryl methyl sites for hydroxylation is 1. The molecule has 3 aromatic rings. The van der Waals surface area contributed by atoms with E-state index in [0.29, 0.717) is 30.1 Å². The minimum absolute atomic E-state index is 0.165. The number of nitrogens with zero attached hydrogens (tertiary/aromatic N) is 3. The maximum atomic E-state index is 15.5. The minimum atomic E-state index is -1.10. The molecule has 1 fully saturated rings. The number of thioether (sulfide) groups is 1. The summed E-state index contributed by atoms with van der Waals surface area (Å²) in [7, 11) is 1.60. The van der Waals surface area contributed by atoms with Crippen molar-refractivity contribution in [1.82, 2.24) is 20.1 Å². The van der Waals surface area contributed by atoms with Crippen LogP contribution < -0.4 is 4.74 Å². The number of carboxylic acid groups (broad SMARTS) is 1. The van der Waals surface area contributed by atoms with E-state index in [1.807, 2.05) is 43.1 Å². The van der Waals surface area contributed by atoms with Gasteiger partial charge in [-0.05, 0) is 99.5 Å². The summed E-state index contributed by atoms with van der Waals surface area (Å²) in [5, 5.41) is 17.1. The highest BCUT2D eigenvalue weighted by Crippen LogP contribution is 2.36. The smallest absolute Gasteiger partial charge is 0.303 e. The van der Waals surface area contributed by atoms with Gasteiger partial charge in [0, 0.05) is 35.1 Å². The summed E-state index contributed by atoms with van der Waals surface area (Å²) < 4.78 is 20.9. The SMILES string of the molecule is COc1ccc2nccc([C@H](F)CC[C@@H]3CCN(CCCSc4cn[nH]c4C)C[C@H]3CCC(=O)O)c2c1. The molecular weight excluding hydrogens is 491 g/mol. The number of likely N-dealkylation sites (tertiary alicyclic amines) is 1. The van der Waals surface area contributed by atoms with Gasteiger partial charge in [0.25, 0.3) is 0 Å². The van der Waals surface area contributed by atoms with Crippen LogP contribution in [0.3, 0.4) is 0 Å². The zero-order valence-corrected chi connectivity index (χ0v) is 22.5. The van der Waals surface area contributed by atoms with Crippen LogP contribution in [0.1, 0.15) is 56.0 Å². The van der Waals surface area contributed by atoms with Crippen molar-refractivity contribution >= 4 is 28.6 Å². The second-order valence-corrected chi connectivity index (χ2v) is 11.1. The number of carbonyl (C=O) groups is 1. The fraction of sp³-hybridized carbons (Fsp3) is 0.536. The van der Waals surface area contributed by atoms with Crippen LogP contribution in [-0.4, -0.2) is 63.7 Å². The first-order valence-electron chi connectivity index (χ1n) is 13.1. The number of hydrogen-bond acceptors (Lipinski definition) is 6. The van der Waals surface area contributed by atoms with Crippen LogP contribution in [0.15, 0.2) is 41.6 Å². The maximum absolute atomic E-state index is 15.5. The number of piperidine rings is 1. The number of rotatable bonds is 13. The van der Waals surface area contributed by atoms with Crippen LogP contribution in [0.2, 0.25) is 0 Å². The number of halogens is 1. The van der Waals surface area contributed by atoms with Crippen molar-refractivity contribution in [3.63, 3.8) is 0 Å². The Morgan fingerprint density at radius 1 is 1.32 bits per heavy atom. The van der Waals surface area contributed by atoms with Gasteiger partial charge in [-0.2, -0.15) is 5.10 Å². The molecule has 0 radical (unpaired) electrons. The predicted molar refractivity (Wildman–Crippen MR) is 145 cm³/mol. The molecule has 2 aromatic heterocycles. The number of fused-ring (bicyclic) bond motifs is 1. The third-order valence-corrected chi connectivity index (χ3v) is 8.69. The van der Waals surface area contributed by atoms with Crippen LogP contribution in [0, 0.1) is 18.8 Å². The van der Waals surface area contributed by atoms with Crippen molar-refractivity contribution in [3.8, 4) is 5.75 Å². The topological polar surface area (TPSA) is 91.3 Å². The summed E-state index contributed by atoms with van der Waals surface area (Å²) in [4.78, 5) is 19.3. The number of aliphatic carboxylic acids is 1. The number of aromatic nitrogens is 3. The molecule has 3 atom stereocenters. The van der Waals surface area contributed by atoms with E-state index < -0.39 is 12.1 Å². The van der Waals surface area contributed by atoms with Crippen molar-refractivity contribution in [1.29, 1.82) is 0 Å². The van der Waals surface area contributed by atoms with Crippen LogP contribution in [0.4, 0.5) is 4.39 Å². The van der Waals surface area contributed by atoms with E-state index in [4.69, 9.17) is 4.74 Å². The number of benzene rings is 1. The third-order valence-electron chi connectivity index (χ3n) is 7.48. The maximum Gasteiger partial charge on any atom is 0.303 e. The Morgan fingerprint density at radius 2 is 2.19 bits per heavy atom. The molecule has 37 heavy (non-hydrogen) atoms. The number of hydrogen-bond donors (Lipinski definition) is 2. The summed E-state index contributed by atoms with van der Waals surface area (Å²) in [6, 6.07) is 7.31. The van der Waals surface area contributed by atoms with Gasteiger partial charge in [0.15, 0.2) is 0 Å². The molecule has 3 heterocycles. The van der Waals surface area contributed by atoms with E-state index >= 15 is 4.39 Å².